The Hall–Kier alpha value is -2.04. The number of anilines is 2. The average molecular weight is 332 g/mol. The maximum absolute atomic E-state index is 12.7. The molecule has 2 aromatic carbocycles. The summed E-state index contributed by atoms with van der Waals surface area (Å²) in [5.41, 5.74) is 2.68. The summed E-state index contributed by atoms with van der Waals surface area (Å²) in [4.78, 5) is 14.6. The van der Waals surface area contributed by atoms with Crippen LogP contribution in [0.5, 0.6) is 0 Å². The molecule has 0 saturated carbocycles. The van der Waals surface area contributed by atoms with Crippen molar-refractivity contribution in [1.82, 2.24) is 10.2 Å². The summed E-state index contributed by atoms with van der Waals surface area (Å²) in [6.45, 7) is 4.55. The van der Waals surface area contributed by atoms with E-state index < -0.39 is 0 Å². The summed E-state index contributed by atoms with van der Waals surface area (Å²) < 4.78 is 0. The molecule has 1 aliphatic rings. The van der Waals surface area contributed by atoms with Gasteiger partial charge in [-0.05, 0) is 37.3 Å². The highest BCUT2D eigenvalue weighted by molar-refractivity contribution is 5.95. The largest absolute Gasteiger partial charge is 0.356 e. The van der Waals surface area contributed by atoms with Gasteiger partial charge in [-0.3, -0.25) is 4.79 Å². The van der Waals surface area contributed by atoms with Crippen LogP contribution in [0, 0.1) is 0 Å². The minimum absolute atomic E-state index is 0. The van der Waals surface area contributed by atoms with Crippen molar-refractivity contribution in [2.45, 2.75) is 13.0 Å². The molecule has 2 N–H and O–H groups in total. The van der Waals surface area contributed by atoms with Crippen LogP contribution in [-0.4, -0.2) is 36.5 Å². The van der Waals surface area contributed by atoms with Crippen LogP contribution in [0.1, 0.15) is 17.3 Å². The molecule has 23 heavy (non-hydrogen) atoms. The number of carbonyl (C=O) groups excluding carboxylic acids is 1. The number of amides is 1. The zero-order valence-electron chi connectivity index (χ0n) is 13.2. The number of hydrogen-bond donors (Lipinski definition) is 2. The minimum atomic E-state index is 0. The molecule has 0 spiro atoms. The number of rotatable bonds is 3. The van der Waals surface area contributed by atoms with Gasteiger partial charge in [-0.1, -0.05) is 24.3 Å². The Morgan fingerprint density at radius 1 is 1.13 bits per heavy atom. The maximum Gasteiger partial charge on any atom is 0.254 e. The van der Waals surface area contributed by atoms with Gasteiger partial charge < -0.3 is 15.5 Å². The Kier molecular flexibility index (Phi) is 6.02. The third-order valence-corrected chi connectivity index (χ3v) is 3.93. The average Bonchev–Trinajstić information content (AvgIpc) is 2.56. The molecule has 1 heterocycles. The molecular weight excluding hydrogens is 310 g/mol. The van der Waals surface area contributed by atoms with Crippen LogP contribution in [-0.2, 0) is 0 Å². The second-order valence-electron chi connectivity index (χ2n) is 5.62. The van der Waals surface area contributed by atoms with E-state index in [1.165, 1.54) is 0 Å². The third kappa shape index (κ3) is 4.24. The molecular formula is C18H22ClN3O. The van der Waals surface area contributed by atoms with Gasteiger partial charge in [0.25, 0.3) is 5.91 Å². The van der Waals surface area contributed by atoms with Crippen molar-refractivity contribution in [2.24, 2.45) is 0 Å². The highest BCUT2D eigenvalue weighted by Crippen LogP contribution is 2.19. The molecule has 0 bridgehead atoms. The SMILES string of the molecule is C[C@@H]1CNCCN1C(=O)c1cccc(Nc2ccccc2)c1.Cl. The molecule has 0 unspecified atom stereocenters. The van der Waals surface area contributed by atoms with Crippen molar-refractivity contribution < 1.29 is 4.79 Å². The van der Waals surface area contributed by atoms with Gasteiger partial charge >= 0.3 is 0 Å². The fourth-order valence-corrected chi connectivity index (χ4v) is 2.73. The lowest BCUT2D eigenvalue weighted by atomic mass is 10.1. The van der Waals surface area contributed by atoms with E-state index in [1.54, 1.807) is 0 Å². The van der Waals surface area contributed by atoms with E-state index >= 15 is 0 Å². The van der Waals surface area contributed by atoms with E-state index in [9.17, 15) is 4.79 Å². The van der Waals surface area contributed by atoms with Gasteiger partial charge in [-0.25, -0.2) is 0 Å². The smallest absolute Gasteiger partial charge is 0.254 e. The fraction of sp³-hybridized carbons (Fsp3) is 0.278. The molecule has 1 aliphatic heterocycles. The first-order valence-corrected chi connectivity index (χ1v) is 7.68. The zero-order chi connectivity index (χ0) is 15.4. The van der Waals surface area contributed by atoms with E-state index in [0.717, 1.165) is 36.6 Å². The third-order valence-electron chi connectivity index (χ3n) is 3.93. The molecule has 0 aliphatic carbocycles. The van der Waals surface area contributed by atoms with Gasteiger partial charge in [0.1, 0.15) is 0 Å². The molecule has 122 valence electrons. The van der Waals surface area contributed by atoms with Crippen molar-refractivity contribution in [3.8, 4) is 0 Å². The Balaban J connectivity index is 0.00000192. The number of halogens is 1. The van der Waals surface area contributed by atoms with Crippen LogP contribution in [0.2, 0.25) is 0 Å². The lowest BCUT2D eigenvalue weighted by Crippen LogP contribution is -2.52. The van der Waals surface area contributed by atoms with Crippen LogP contribution >= 0.6 is 12.4 Å². The first-order chi connectivity index (χ1) is 10.7. The van der Waals surface area contributed by atoms with Gasteiger partial charge in [0, 0.05) is 42.6 Å². The highest BCUT2D eigenvalue weighted by Gasteiger charge is 2.23. The monoisotopic (exact) mass is 331 g/mol. The number of piperazine rings is 1. The molecule has 5 heteroatoms. The van der Waals surface area contributed by atoms with Gasteiger partial charge in [0.15, 0.2) is 0 Å². The Labute approximate surface area is 143 Å². The van der Waals surface area contributed by atoms with Crippen LogP contribution in [0.3, 0.4) is 0 Å². The Morgan fingerprint density at radius 2 is 1.87 bits per heavy atom. The lowest BCUT2D eigenvalue weighted by molar-refractivity contribution is 0.0656. The first-order valence-electron chi connectivity index (χ1n) is 7.68. The molecule has 0 aromatic heterocycles. The minimum Gasteiger partial charge on any atom is -0.356 e. The zero-order valence-corrected chi connectivity index (χ0v) is 14.0. The standard InChI is InChI=1S/C18H21N3O.ClH/c1-14-13-19-10-11-21(14)18(22)15-6-5-9-17(12-15)20-16-7-3-2-4-8-16;/h2-9,12,14,19-20H,10-11,13H2,1H3;1H/t14-;/m1./s1. The van der Waals surface area contributed by atoms with Crippen molar-refractivity contribution >= 4 is 29.7 Å². The number of nitrogens with one attached hydrogen (secondary N) is 2. The normalized spacial score (nSPS) is 17.3. The summed E-state index contributed by atoms with van der Waals surface area (Å²) in [6, 6.07) is 17.9. The fourth-order valence-electron chi connectivity index (χ4n) is 2.73. The molecule has 1 saturated heterocycles. The number of benzene rings is 2. The predicted molar refractivity (Wildman–Crippen MR) is 96.8 cm³/mol. The van der Waals surface area contributed by atoms with Gasteiger partial charge in [-0.2, -0.15) is 0 Å². The van der Waals surface area contributed by atoms with Crippen LogP contribution < -0.4 is 10.6 Å². The predicted octanol–water partition coefficient (Wildman–Crippen LogP) is 3.29. The van der Waals surface area contributed by atoms with E-state index in [2.05, 4.69) is 17.6 Å². The summed E-state index contributed by atoms with van der Waals surface area (Å²) >= 11 is 0. The molecule has 2 aromatic rings. The number of hydrogen-bond acceptors (Lipinski definition) is 3. The van der Waals surface area contributed by atoms with Crippen molar-refractivity contribution in [2.75, 3.05) is 25.0 Å². The molecule has 1 amide bonds. The van der Waals surface area contributed by atoms with Crippen LogP contribution in [0.4, 0.5) is 11.4 Å². The van der Waals surface area contributed by atoms with Crippen molar-refractivity contribution in [3.05, 3.63) is 60.2 Å². The van der Waals surface area contributed by atoms with E-state index in [-0.39, 0.29) is 24.4 Å². The number of nitrogens with zero attached hydrogens (tertiary/aromatic N) is 1. The van der Waals surface area contributed by atoms with Crippen LogP contribution in [0.25, 0.3) is 0 Å². The highest BCUT2D eigenvalue weighted by atomic mass is 35.5. The van der Waals surface area contributed by atoms with Crippen LogP contribution in [0.15, 0.2) is 54.6 Å². The lowest BCUT2D eigenvalue weighted by Gasteiger charge is -2.34. The maximum atomic E-state index is 12.7. The number of carbonyl (C=O) groups is 1. The summed E-state index contributed by atoms with van der Waals surface area (Å²) in [5.74, 6) is 0.103. The molecule has 1 atom stereocenters. The molecule has 1 fully saturated rings. The summed E-state index contributed by atoms with van der Waals surface area (Å²) in [7, 11) is 0. The topological polar surface area (TPSA) is 44.4 Å². The van der Waals surface area contributed by atoms with Gasteiger partial charge in [-0.15, -0.1) is 12.4 Å². The second kappa shape index (κ2) is 7.99. The molecule has 0 radical (unpaired) electrons. The molecule has 3 rings (SSSR count). The summed E-state index contributed by atoms with van der Waals surface area (Å²) in [6.07, 6.45) is 0. The van der Waals surface area contributed by atoms with E-state index in [1.807, 2.05) is 59.5 Å². The number of para-hydroxylation sites is 1. The Bertz CT molecular complexity index is 648. The van der Waals surface area contributed by atoms with Gasteiger partial charge in [0.05, 0.1) is 0 Å². The van der Waals surface area contributed by atoms with E-state index in [0.29, 0.717) is 0 Å². The van der Waals surface area contributed by atoms with E-state index in [4.69, 9.17) is 0 Å². The van der Waals surface area contributed by atoms with Gasteiger partial charge in [0.2, 0.25) is 0 Å². The molecule has 4 nitrogen and oxygen atoms in total. The Morgan fingerprint density at radius 3 is 2.61 bits per heavy atom. The van der Waals surface area contributed by atoms with Crippen molar-refractivity contribution in [1.29, 1.82) is 0 Å². The first kappa shape index (κ1) is 17.3. The van der Waals surface area contributed by atoms with Crippen molar-refractivity contribution in [3.63, 3.8) is 0 Å². The summed E-state index contributed by atoms with van der Waals surface area (Å²) in [5, 5.41) is 6.64. The quantitative estimate of drug-likeness (QED) is 0.907. The second-order valence-corrected chi connectivity index (χ2v) is 5.62.